The average molecular weight is 348 g/mol. The molecule has 20 heavy (non-hydrogen) atoms. The van der Waals surface area contributed by atoms with Crippen molar-refractivity contribution < 1.29 is 9.53 Å². The number of benzene rings is 1. The van der Waals surface area contributed by atoms with Crippen LogP contribution in [0.3, 0.4) is 0 Å². The number of carbonyl (C=O) groups excluding carboxylic acids is 1. The van der Waals surface area contributed by atoms with Crippen molar-refractivity contribution in [2.75, 3.05) is 6.61 Å². The number of Topliss-reactive ketones (excluding diaryl/α,β-unsaturated/α-hetero) is 1. The minimum absolute atomic E-state index is 0.0261. The molecule has 3 rings (SSSR count). The fourth-order valence-corrected chi connectivity index (χ4v) is 3.13. The number of ether oxygens (including phenoxy) is 1. The number of nitrogens with zero attached hydrogens (tertiary/aromatic N) is 1. The molecule has 0 saturated heterocycles. The van der Waals surface area contributed by atoms with E-state index in [0.717, 1.165) is 14.7 Å². The number of pyridine rings is 1. The molecule has 1 aromatic carbocycles. The molecule has 3 aromatic rings. The number of hydrogen-bond acceptors (Lipinski definition) is 4. The van der Waals surface area contributed by atoms with Crippen molar-refractivity contribution in [1.29, 1.82) is 0 Å². The SMILES string of the molecule is O=C(COc1ccc2cccnc2c1)c1ccc(Br)s1. The number of aromatic nitrogens is 1. The van der Waals surface area contributed by atoms with Crippen LogP contribution in [-0.2, 0) is 0 Å². The summed E-state index contributed by atoms with van der Waals surface area (Å²) in [6, 6.07) is 13.2. The van der Waals surface area contributed by atoms with Crippen LogP contribution in [0.4, 0.5) is 0 Å². The zero-order chi connectivity index (χ0) is 13.9. The number of fused-ring (bicyclic) bond motifs is 1. The van der Waals surface area contributed by atoms with Gasteiger partial charge in [0.2, 0.25) is 5.78 Å². The maximum atomic E-state index is 11.9. The number of ketones is 1. The first kappa shape index (κ1) is 13.3. The minimum Gasteiger partial charge on any atom is -0.485 e. The zero-order valence-corrected chi connectivity index (χ0v) is 12.8. The number of rotatable bonds is 4. The first-order valence-electron chi connectivity index (χ1n) is 5.98. The van der Waals surface area contributed by atoms with Crippen LogP contribution in [0.5, 0.6) is 5.75 Å². The summed E-state index contributed by atoms with van der Waals surface area (Å²) in [5.74, 6) is 0.627. The molecule has 2 aromatic heterocycles. The van der Waals surface area contributed by atoms with E-state index in [1.807, 2.05) is 36.4 Å². The second-order valence-electron chi connectivity index (χ2n) is 4.17. The third-order valence-electron chi connectivity index (χ3n) is 2.80. The summed E-state index contributed by atoms with van der Waals surface area (Å²) in [6.07, 6.45) is 1.74. The highest BCUT2D eigenvalue weighted by atomic mass is 79.9. The van der Waals surface area contributed by atoms with Crippen molar-refractivity contribution >= 4 is 44.0 Å². The first-order chi connectivity index (χ1) is 9.72. The van der Waals surface area contributed by atoms with Gasteiger partial charge < -0.3 is 4.74 Å². The van der Waals surface area contributed by atoms with Crippen LogP contribution in [0.1, 0.15) is 9.67 Å². The van der Waals surface area contributed by atoms with E-state index < -0.39 is 0 Å². The minimum atomic E-state index is -0.0261. The molecule has 100 valence electrons. The lowest BCUT2D eigenvalue weighted by Gasteiger charge is -2.05. The van der Waals surface area contributed by atoms with Gasteiger partial charge in [-0.3, -0.25) is 9.78 Å². The van der Waals surface area contributed by atoms with Crippen LogP contribution in [0.15, 0.2) is 52.4 Å². The molecule has 0 N–H and O–H groups in total. The van der Waals surface area contributed by atoms with Crippen molar-refractivity contribution in [3.05, 3.63) is 57.3 Å². The lowest BCUT2D eigenvalue weighted by molar-refractivity contribution is 0.0925. The number of halogens is 1. The predicted molar refractivity (Wildman–Crippen MR) is 83.6 cm³/mol. The van der Waals surface area contributed by atoms with Crippen molar-refractivity contribution in [1.82, 2.24) is 4.98 Å². The molecule has 0 bridgehead atoms. The van der Waals surface area contributed by atoms with Gasteiger partial charge in [0.1, 0.15) is 5.75 Å². The molecule has 3 nitrogen and oxygen atoms in total. The summed E-state index contributed by atoms with van der Waals surface area (Å²) in [4.78, 5) is 16.9. The summed E-state index contributed by atoms with van der Waals surface area (Å²) in [7, 11) is 0. The third kappa shape index (κ3) is 2.89. The number of carbonyl (C=O) groups is 1. The Morgan fingerprint density at radius 3 is 2.95 bits per heavy atom. The number of hydrogen-bond donors (Lipinski definition) is 0. The first-order valence-corrected chi connectivity index (χ1v) is 7.59. The smallest absolute Gasteiger partial charge is 0.210 e. The van der Waals surface area contributed by atoms with E-state index in [0.29, 0.717) is 10.6 Å². The molecule has 5 heteroatoms. The molecule has 0 fully saturated rings. The Hall–Kier alpha value is -1.72. The van der Waals surface area contributed by atoms with Crippen LogP contribution in [0.25, 0.3) is 10.9 Å². The normalized spacial score (nSPS) is 10.7. The molecule has 0 aliphatic heterocycles. The lowest BCUT2D eigenvalue weighted by atomic mass is 10.2. The predicted octanol–water partition coefficient (Wildman–Crippen LogP) is 4.32. The van der Waals surface area contributed by atoms with Crippen molar-refractivity contribution in [3.8, 4) is 5.75 Å². The maximum absolute atomic E-state index is 11.9. The second kappa shape index (κ2) is 5.73. The Bertz CT molecular complexity index is 769. The lowest BCUT2D eigenvalue weighted by Crippen LogP contribution is -2.09. The molecule has 0 spiro atoms. The third-order valence-corrected chi connectivity index (χ3v) is 4.46. The quantitative estimate of drug-likeness (QED) is 0.659. The summed E-state index contributed by atoms with van der Waals surface area (Å²) in [6.45, 7) is 0.0330. The van der Waals surface area contributed by atoms with Gasteiger partial charge in [-0.15, -0.1) is 11.3 Å². The molecule has 0 aliphatic carbocycles. The fourth-order valence-electron chi connectivity index (χ4n) is 1.82. The average Bonchev–Trinajstić information content (AvgIpc) is 2.91. The molecular formula is C15H10BrNO2S. The van der Waals surface area contributed by atoms with Crippen molar-refractivity contribution in [2.24, 2.45) is 0 Å². The van der Waals surface area contributed by atoms with Gasteiger partial charge in [-0.1, -0.05) is 6.07 Å². The van der Waals surface area contributed by atoms with Crippen LogP contribution < -0.4 is 4.74 Å². The van der Waals surface area contributed by atoms with Gasteiger partial charge in [-0.05, 0) is 46.3 Å². The van der Waals surface area contributed by atoms with Gasteiger partial charge in [-0.25, -0.2) is 0 Å². The van der Waals surface area contributed by atoms with Crippen LogP contribution in [-0.4, -0.2) is 17.4 Å². The Morgan fingerprint density at radius 2 is 2.15 bits per heavy atom. The van der Waals surface area contributed by atoms with E-state index in [4.69, 9.17) is 4.74 Å². The maximum Gasteiger partial charge on any atom is 0.210 e. The van der Waals surface area contributed by atoms with Crippen LogP contribution in [0.2, 0.25) is 0 Å². The second-order valence-corrected chi connectivity index (χ2v) is 6.64. The van der Waals surface area contributed by atoms with Gasteiger partial charge >= 0.3 is 0 Å². The summed E-state index contributed by atoms with van der Waals surface area (Å²) in [5.41, 5.74) is 0.858. The van der Waals surface area contributed by atoms with Crippen LogP contribution >= 0.6 is 27.3 Å². The van der Waals surface area contributed by atoms with Gasteiger partial charge in [0, 0.05) is 17.6 Å². The van der Waals surface area contributed by atoms with E-state index in [2.05, 4.69) is 20.9 Å². The number of thiophene rings is 1. The van der Waals surface area contributed by atoms with Crippen LogP contribution in [0, 0.1) is 0 Å². The molecular weight excluding hydrogens is 338 g/mol. The van der Waals surface area contributed by atoms with Gasteiger partial charge in [0.25, 0.3) is 0 Å². The zero-order valence-electron chi connectivity index (χ0n) is 10.4. The molecule has 0 aliphatic rings. The Balaban J connectivity index is 1.72. The standard InChI is InChI=1S/C15H10BrNO2S/c16-15-6-5-14(20-15)13(18)9-19-11-4-3-10-2-1-7-17-12(10)8-11/h1-8H,9H2. The molecule has 0 saturated carbocycles. The fraction of sp³-hybridized carbons (Fsp3) is 0.0667. The highest BCUT2D eigenvalue weighted by molar-refractivity contribution is 9.11. The summed E-state index contributed by atoms with van der Waals surface area (Å²) >= 11 is 4.75. The van der Waals surface area contributed by atoms with Gasteiger partial charge in [-0.2, -0.15) is 0 Å². The highest BCUT2D eigenvalue weighted by Gasteiger charge is 2.09. The highest BCUT2D eigenvalue weighted by Crippen LogP contribution is 2.23. The monoisotopic (exact) mass is 347 g/mol. The molecule has 0 amide bonds. The molecule has 0 unspecified atom stereocenters. The topological polar surface area (TPSA) is 39.2 Å². The molecule has 0 atom stereocenters. The molecule has 0 radical (unpaired) electrons. The van der Waals surface area contributed by atoms with E-state index in [1.165, 1.54) is 11.3 Å². The largest absolute Gasteiger partial charge is 0.485 e. The van der Waals surface area contributed by atoms with E-state index in [9.17, 15) is 4.79 Å². The van der Waals surface area contributed by atoms with E-state index >= 15 is 0 Å². The van der Waals surface area contributed by atoms with Gasteiger partial charge in [0.15, 0.2) is 6.61 Å². The summed E-state index contributed by atoms with van der Waals surface area (Å²) < 4.78 is 6.48. The van der Waals surface area contributed by atoms with Crippen molar-refractivity contribution in [2.45, 2.75) is 0 Å². The van der Waals surface area contributed by atoms with E-state index in [-0.39, 0.29) is 12.4 Å². The Kier molecular flexibility index (Phi) is 3.80. The van der Waals surface area contributed by atoms with Crippen molar-refractivity contribution in [3.63, 3.8) is 0 Å². The van der Waals surface area contributed by atoms with Gasteiger partial charge in [0.05, 0.1) is 14.2 Å². The Labute approximate surface area is 128 Å². The Morgan fingerprint density at radius 1 is 1.25 bits per heavy atom. The molecule has 2 heterocycles. The van der Waals surface area contributed by atoms with E-state index in [1.54, 1.807) is 12.3 Å². The summed E-state index contributed by atoms with van der Waals surface area (Å²) in [5, 5.41) is 1.05.